The minimum absolute atomic E-state index is 0.0549. The standard InChI is InChI=1S/C14H18ClNO2/c1-10-14(4-6-16-7-5-14)17-9-11-2-3-12(15)8-13(11)18-10/h2-3,8,10,16H,4-7,9H2,1H3. The van der Waals surface area contributed by atoms with E-state index in [0.29, 0.717) is 11.6 Å². The van der Waals surface area contributed by atoms with Crippen molar-refractivity contribution in [3.05, 3.63) is 28.8 Å². The Kier molecular flexibility index (Phi) is 3.22. The Morgan fingerprint density at radius 3 is 2.89 bits per heavy atom. The first-order chi connectivity index (χ1) is 8.70. The number of rotatable bonds is 0. The lowest BCUT2D eigenvalue weighted by Gasteiger charge is -2.40. The van der Waals surface area contributed by atoms with E-state index in [2.05, 4.69) is 12.2 Å². The molecule has 0 saturated carbocycles. The van der Waals surface area contributed by atoms with Crippen molar-refractivity contribution in [2.45, 2.75) is 38.1 Å². The summed E-state index contributed by atoms with van der Waals surface area (Å²) in [6.45, 7) is 4.69. The number of hydrogen-bond donors (Lipinski definition) is 1. The molecule has 1 unspecified atom stereocenters. The van der Waals surface area contributed by atoms with Crippen LogP contribution in [0, 0.1) is 0 Å². The molecule has 3 rings (SSSR count). The Labute approximate surface area is 112 Å². The van der Waals surface area contributed by atoms with Gasteiger partial charge in [0, 0.05) is 10.6 Å². The lowest BCUT2D eigenvalue weighted by atomic mass is 9.87. The van der Waals surface area contributed by atoms with Gasteiger partial charge >= 0.3 is 0 Å². The van der Waals surface area contributed by atoms with Gasteiger partial charge < -0.3 is 14.8 Å². The van der Waals surface area contributed by atoms with Gasteiger partial charge in [0.2, 0.25) is 0 Å². The van der Waals surface area contributed by atoms with Gasteiger partial charge in [0.25, 0.3) is 0 Å². The summed E-state index contributed by atoms with van der Waals surface area (Å²) in [5.41, 5.74) is 0.929. The lowest BCUT2D eigenvalue weighted by Crippen LogP contribution is -2.52. The third kappa shape index (κ3) is 2.11. The van der Waals surface area contributed by atoms with Gasteiger partial charge in [-0.25, -0.2) is 0 Å². The van der Waals surface area contributed by atoms with Crippen molar-refractivity contribution in [1.82, 2.24) is 5.32 Å². The van der Waals surface area contributed by atoms with Crippen LogP contribution >= 0.6 is 11.6 Å². The van der Waals surface area contributed by atoms with Crippen molar-refractivity contribution in [3.8, 4) is 5.75 Å². The number of benzene rings is 1. The summed E-state index contributed by atoms with van der Waals surface area (Å²) in [4.78, 5) is 0. The van der Waals surface area contributed by atoms with E-state index < -0.39 is 0 Å². The summed E-state index contributed by atoms with van der Waals surface area (Å²) in [6.07, 6.45) is 2.05. The number of piperidine rings is 1. The van der Waals surface area contributed by atoms with E-state index in [1.807, 2.05) is 18.2 Å². The smallest absolute Gasteiger partial charge is 0.126 e. The van der Waals surface area contributed by atoms with Gasteiger partial charge in [-0.3, -0.25) is 0 Å². The van der Waals surface area contributed by atoms with E-state index in [4.69, 9.17) is 21.1 Å². The van der Waals surface area contributed by atoms with Gasteiger partial charge in [-0.15, -0.1) is 0 Å². The molecule has 18 heavy (non-hydrogen) atoms. The minimum Gasteiger partial charge on any atom is -0.487 e. The van der Waals surface area contributed by atoms with E-state index in [9.17, 15) is 0 Å². The summed E-state index contributed by atoms with van der Waals surface area (Å²) in [7, 11) is 0. The summed E-state index contributed by atoms with van der Waals surface area (Å²) in [5.74, 6) is 0.866. The van der Waals surface area contributed by atoms with Crippen LogP contribution in [0.25, 0.3) is 0 Å². The molecule has 98 valence electrons. The SMILES string of the molecule is CC1Oc2cc(Cl)ccc2COC12CCNCC2. The van der Waals surface area contributed by atoms with Gasteiger partial charge in [0.05, 0.1) is 6.61 Å². The number of nitrogens with one attached hydrogen (secondary N) is 1. The summed E-state index contributed by atoms with van der Waals surface area (Å²) in [5, 5.41) is 4.08. The first kappa shape index (κ1) is 12.3. The highest BCUT2D eigenvalue weighted by molar-refractivity contribution is 6.30. The predicted octanol–water partition coefficient (Wildman–Crippen LogP) is 2.76. The molecule has 1 spiro atoms. The summed E-state index contributed by atoms with van der Waals surface area (Å²) >= 11 is 6.02. The summed E-state index contributed by atoms with van der Waals surface area (Å²) < 4.78 is 12.3. The van der Waals surface area contributed by atoms with E-state index in [0.717, 1.165) is 37.2 Å². The largest absolute Gasteiger partial charge is 0.487 e. The number of halogens is 1. The molecule has 3 nitrogen and oxygen atoms in total. The van der Waals surface area contributed by atoms with Crippen molar-refractivity contribution >= 4 is 11.6 Å². The molecule has 0 amide bonds. The maximum absolute atomic E-state index is 6.20. The van der Waals surface area contributed by atoms with Crippen molar-refractivity contribution in [3.63, 3.8) is 0 Å². The Morgan fingerprint density at radius 1 is 1.33 bits per heavy atom. The number of hydrogen-bond acceptors (Lipinski definition) is 3. The van der Waals surface area contributed by atoms with Crippen molar-refractivity contribution in [2.24, 2.45) is 0 Å². The van der Waals surface area contributed by atoms with Gasteiger partial charge in [-0.05, 0) is 45.0 Å². The maximum atomic E-state index is 6.20. The molecule has 1 N–H and O–H groups in total. The third-order valence-corrected chi connectivity index (χ3v) is 4.27. The number of ether oxygens (including phenoxy) is 2. The van der Waals surface area contributed by atoms with Crippen LogP contribution in [-0.4, -0.2) is 24.8 Å². The molecular formula is C14H18ClNO2. The highest BCUT2D eigenvalue weighted by Gasteiger charge is 2.42. The normalized spacial score (nSPS) is 26.2. The van der Waals surface area contributed by atoms with Crippen molar-refractivity contribution in [1.29, 1.82) is 0 Å². The van der Waals surface area contributed by atoms with Crippen molar-refractivity contribution in [2.75, 3.05) is 13.1 Å². The second kappa shape index (κ2) is 4.72. The second-order valence-electron chi connectivity index (χ2n) is 5.12. The zero-order valence-corrected chi connectivity index (χ0v) is 11.3. The Morgan fingerprint density at radius 2 is 2.11 bits per heavy atom. The molecule has 4 heteroatoms. The molecule has 1 atom stereocenters. The molecule has 1 fully saturated rings. The fraction of sp³-hybridized carbons (Fsp3) is 0.571. The van der Waals surface area contributed by atoms with Crippen LogP contribution in [-0.2, 0) is 11.3 Å². The molecule has 1 aromatic carbocycles. The van der Waals surface area contributed by atoms with E-state index in [-0.39, 0.29) is 11.7 Å². The minimum atomic E-state index is -0.156. The Bertz CT molecular complexity index is 443. The summed E-state index contributed by atoms with van der Waals surface area (Å²) in [6, 6.07) is 5.76. The van der Waals surface area contributed by atoms with E-state index >= 15 is 0 Å². The lowest BCUT2D eigenvalue weighted by molar-refractivity contribution is -0.122. The molecule has 0 aliphatic carbocycles. The quantitative estimate of drug-likeness (QED) is 0.784. The van der Waals surface area contributed by atoms with Crippen LogP contribution in [0.15, 0.2) is 18.2 Å². The second-order valence-corrected chi connectivity index (χ2v) is 5.55. The van der Waals surface area contributed by atoms with Crippen LogP contribution in [0.1, 0.15) is 25.3 Å². The van der Waals surface area contributed by atoms with Gasteiger partial charge in [-0.1, -0.05) is 17.7 Å². The highest BCUT2D eigenvalue weighted by atomic mass is 35.5. The molecule has 2 aliphatic heterocycles. The third-order valence-electron chi connectivity index (χ3n) is 4.04. The Hall–Kier alpha value is -0.770. The molecule has 1 saturated heterocycles. The van der Waals surface area contributed by atoms with Crippen LogP contribution in [0.3, 0.4) is 0 Å². The van der Waals surface area contributed by atoms with Crippen LogP contribution in [0.5, 0.6) is 5.75 Å². The molecule has 0 bridgehead atoms. The molecule has 0 radical (unpaired) electrons. The van der Waals surface area contributed by atoms with Gasteiger partial charge in [-0.2, -0.15) is 0 Å². The van der Waals surface area contributed by atoms with Crippen LogP contribution in [0.4, 0.5) is 0 Å². The Balaban J connectivity index is 1.90. The zero-order chi connectivity index (χ0) is 12.6. The molecule has 2 heterocycles. The highest BCUT2D eigenvalue weighted by Crippen LogP contribution is 2.37. The van der Waals surface area contributed by atoms with Crippen LogP contribution < -0.4 is 10.1 Å². The fourth-order valence-electron chi connectivity index (χ4n) is 2.79. The van der Waals surface area contributed by atoms with E-state index in [1.54, 1.807) is 0 Å². The monoisotopic (exact) mass is 267 g/mol. The maximum Gasteiger partial charge on any atom is 0.126 e. The van der Waals surface area contributed by atoms with Crippen molar-refractivity contribution < 1.29 is 9.47 Å². The topological polar surface area (TPSA) is 30.5 Å². The van der Waals surface area contributed by atoms with Gasteiger partial charge in [0.1, 0.15) is 17.5 Å². The molecule has 0 aromatic heterocycles. The predicted molar refractivity (Wildman–Crippen MR) is 71.2 cm³/mol. The van der Waals surface area contributed by atoms with E-state index in [1.165, 1.54) is 0 Å². The molecule has 1 aromatic rings. The average molecular weight is 268 g/mol. The molecular weight excluding hydrogens is 250 g/mol. The van der Waals surface area contributed by atoms with Crippen LogP contribution in [0.2, 0.25) is 5.02 Å². The molecule has 2 aliphatic rings. The van der Waals surface area contributed by atoms with Gasteiger partial charge in [0.15, 0.2) is 0 Å². The first-order valence-electron chi connectivity index (χ1n) is 6.49. The zero-order valence-electron chi connectivity index (χ0n) is 10.5. The average Bonchev–Trinajstić information content (AvgIpc) is 2.50. The first-order valence-corrected chi connectivity index (χ1v) is 6.87. The fourth-order valence-corrected chi connectivity index (χ4v) is 2.96. The number of fused-ring (bicyclic) bond motifs is 1.